The SMILES string of the molecule is CC1OC(OC2C(O)C(Oc3cc(O)c4c(=O)c(OC5OC(CO)C(O)C(OC6OC(C)C(O)C(O)C6O)C5OC(=O)C=Cc5ccc(O)cc5)c(-c5ccc(O)cc5)oc4c3)OC(C)C2OC(=O)C=Cc2ccc(O)cc2)C(O)C(O)C1O. The molecule has 5 aromatic rings. The minimum Gasteiger partial charge on any atom is -0.508 e. The number of aliphatic hydroxyl groups is 9. The van der Waals surface area contributed by atoms with E-state index in [1.54, 1.807) is 0 Å². The van der Waals surface area contributed by atoms with Crippen molar-refractivity contribution in [2.45, 2.75) is 144 Å². The molecule has 4 aliphatic heterocycles. The van der Waals surface area contributed by atoms with Crippen molar-refractivity contribution in [3.63, 3.8) is 0 Å². The standard InChI is InChI=1S/C57H62O27/c1-23-39(65)43(69)45(71)54(74-23)82-50-41(67)35(22-58)79-57(53(50)81-37(64)19-9-27-6-14-30(60)15-7-27)84-51-42(68)38-33(62)20-32(21-34(38)78-49(51)28-10-16-31(61)17-11-28)77-56-47(73)52(83-55-46(72)44(70)40(66)24(2)75-55)48(25(3)76-56)80-36(63)18-8-26-4-12-29(59)13-5-26/h4-21,23-25,35,39-41,43-48,50,52-62,65-67,69-73H,22H2,1-3H3. The molecule has 4 aromatic carbocycles. The smallest absolute Gasteiger partial charge is 0.331 e. The normalized spacial score (nSPS) is 33.7. The molecule has 0 radical (unpaired) electrons. The lowest BCUT2D eigenvalue weighted by molar-refractivity contribution is -0.349. The highest BCUT2D eigenvalue weighted by atomic mass is 16.8. The van der Waals surface area contributed by atoms with Gasteiger partial charge < -0.3 is 118 Å². The molecular formula is C57H62O27. The number of hydrogen-bond acceptors (Lipinski definition) is 27. The van der Waals surface area contributed by atoms with Crippen molar-refractivity contribution in [2.75, 3.05) is 6.61 Å². The summed E-state index contributed by atoms with van der Waals surface area (Å²) in [5, 5.41) is 139. The molecule has 20 unspecified atom stereocenters. The van der Waals surface area contributed by atoms with Gasteiger partial charge in [0.15, 0.2) is 30.5 Å². The summed E-state index contributed by atoms with van der Waals surface area (Å²) in [5.41, 5.74) is -0.663. The maximum Gasteiger partial charge on any atom is 0.331 e. The van der Waals surface area contributed by atoms with Gasteiger partial charge in [-0.1, -0.05) is 24.3 Å². The van der Waals surface area contributed by atoms with E-state index in [-0.39, 0.29) is 28.6 Å². The molecule has 0 bridgehead atoms. The maximum absolute atomic E-state index is 15.0. The predicted octanol–water partition coefficient (Wildman–Crippen LogP) is -0.100. The number of phenols is 4. The molecule has 1 aromatic heterocycles. The quantitative estimate of drug-likeness (QED) is 0.0453. The summed E-state index contributed by atoms with van der Waals surface area (Å²) >= 11 is 0. The minimum atomic E-state index is -2.09. The molecule has 13 N–H and O–H groups in total. The average Bonchev–Trinajstić information content (AvgIpc) is 2.23. The van der Waals surface area contributed by atoms with Crippen molar-refractivity contribution in [1.82, 2.24) is 0 Å². The number of hydrogen-bond donors (Lipinski definition) is 13. The first-order valence-electron chi connectivity index (χ1n) is 26.3. The van der Waals surface area contributed by atoms with E-state index < -0.39 is 175 Å². The molecule has 20 atom stereocenters. The molecule has 0 spiro atoms. The van der Waals surface area contributed by atoms with Crippen LogP contribution in [0.4, 0.5) is 0 Å². The van der Waals surface area contributed by atoms with Gasteiger partial charge in [-0.25, -0.2) is 9.59 Å². The van der Waals surface area contributed by atoms with Crippen molar-refractivity contribution in [2.24, 2.45) is 0 Å². The predicted molar refractivity (Wildman–Crippen MR) is 283 cm³/mol. The van der Waals surface area contributed by atoms with Crippen LogP contribution < -0.4 is 14.9 Å². The summed E-state index contributed by atoms with van der Waals surface area (Å²) in [6.45, 7) is 3.17. The summed E-state index contributed by atoms with van der Waals surface area (Å²) in [6.07, 6.45) is -29.7. The number of carbonyl (C=O) groups excluding carboxylic acids is 2. The van der Waals surface area contributed by atoms with Gasteiger partial charge in [-0.05, 0) is 92.6 Å². The number of aromatic hydroxyl groups is 4. The number of fused-ring (bicyclic) bond motifs is 1. The van der Waals surface area contributed by atoms with Crippen LogP contribution in [0.2, 0.25) is 0 Å². The van der Waals surface area contributed by atoms with E-state index in [1.165, 1.54) is 106 Å². The summed E-state index contributed by atoms with van der Waals surface area (Å²) in [5.74, 6) is -4.89. The van der Waals surface area contributed by atoms with Crippen LogP contribution in [0, 0.1) is 0 Å². The Labute approximate surface area is 476 Å². The van der Waals surface area contributed by atoms with E-state index in [0.29, 0.717) is 11.1 Å². The van der Waals surface area contributed by atoms with Crippen LogP contribution in [-0.2, 0) is 47.5 Å². The zero-order valence-electron chi connectivity index (χ0n) is 44.7. The first-order valence-corrected chi connectivity index (χ1v) is 26.3. The minimum absolute atomic E-state index is 0.0121. The highest BCUT2D eigenvalue weighted by molar-refractivity contribution is 5.89. The van der Waals surface area contributed by atoms with E-state index in [0.717, 1.165) is 24.3 Å². The second-order valence-corrected chi connectivity index (χ2v) is 20.3. The first-order chi connectivity index (χ1) is 40.0. The van der Waals surface area contributed by atoms with Crippen molar-refractivity contribution in [3.05, 3.63) is 118 Å². The van der Waals surface area contributed by atoms with Gasteiger partial charge in [0.1, 0.15) is 107 Å². The van der Waals surface area contributed by atoms with Gasteiger partial charge in [-0.15, -0.1) is 0 Å². The molecule has 5 heterocycles. The molecule has 0 aliphatic carbocycles. The van der Waals surface area contributed by atoms with Gasteiger partial charge in [-0.3, -0.25) is 4.79 Å². The number of rotatable bonds is 16. The molecule has 27 heteroatoms. The van der Waals surface area contributed by atoms with Crippen LogP contribution in [0.3, 0.4) is 0 Å². The van der Waals surface area contributed by atoms with Gasteiger partial charge >= 0.3 is 11.9 Å². The molecule has 84 heavy (non-hydrogen) atoms. The van der Waals surface area contributed by atoms with Crippen LogP contribution in [-0.4, -0.2) is 208 Å². The van der Waals surface area contributed by atoms with E-state index in [2.05, 4.69) is 0 Å². The van der Waals surface area contributed by atoms with E-state index in [1.807, 2.05) is 0 Å². The zero-order chi connectivity index (χ0) is 60.4. The second kappa shape index (κ2) is 25.9. The van der Waals surface area contributed by atoms with Gasteiger partial charge in [0, 0.05) is 29.8 Å². The van der Waals surface area contributed by atoms with Crippen LogP contribution in [0.1, 0.15) is 31.9 Å². The first kappa shape index (κ1) is 61.3. The van der Waals surface area contributed by atoms with E-state index in [4.69, 9.17) is 51.8 Å². The third-order valence-electron chi connectivity index (χ3n) is 14.4. The van der Waals surface area contributed by atoms with E-state index in [9.17, 15) is 80.8 Å². The Kier molecular flexibility index (Phi) is 18.9. The molecule has 4 fully saturated rings. The van der Waals surface area contributed by atoms with Crippen molar-refractivity contribution < 1.29 is 128 Å². The molecule has 9 rings (SSSR count). The monoisotopic (exact) mass is 1180 g/mol. The van der Waals surface area contributed by atoms with Crippen molar-refractivity contribution >= 4 is 35.1 Å². The lowest BCUT2D eigenvalue weighted by Gasteiger charge is -2.46. The Morgan fingerprint density at radius 2 is 0.988 bits per heavy atom. The number of phenolic OH excluding ortho intramolecular Hbond substituents is 4. The van der Waals surface area contributed by atoms with Gasteiger partial charge in [0.05, 0.1) is 24.9 Å². The molecule has 452 valence electrons. The Morgan fingerprint density at radius 3 is 1.50 bits per heavy atom. The Morgan fingerprint density at radius 1 is 0.512 bits per heavy atom. The number of esters is 2. The van der Waals surface area contributed by atoms with Crippen LogP contribution in [0.5, 0.6) is 34.5 Å². The lowest BCUT2D eigenvalue weighted by Crippen LogP contribution is -2.65. The zero-order valence-corrected chi connectivity index (χ0v) is 44.7. The Balaban J connectivity index is 1.06. The molecular weight excluding hydrogens is 1120 g/mol. The largest absolute Gasteiger partial charge is 0.508 e. The number of aliphatic hydroxyl groups excluding tert-OH is 9. The fourth-order valence-electron chi connectivity index (χ4n) is 9.72. The summed E-state index contributed by atoms with van der Waals surface area (Å²) < 4.78 is 65.5. The highest BCUT2D eigenvalue weighted by Crippen LogP contribution is 2.41. The van der Waals surface area contributed by atoms with Crippen molar-refractivity contribution in [1.29, 1.82) is 0 Å². The number of carbonyl (C=O) groups is 2. The van der Waals surface area contributed by atoms with Crippen molar-refractivity contribution in [3.8, 4) is 45.8 Å². The Hall–Kier alpha value is -7.29. The number of ether oxygens (including phenoxy) is 10. The topological polar surface area (TPSA) is 420 Å². The third-order valence-corrected chi connectivity index (χ3v) is 14.4. The van der Waals surface area contributed by atoms with Gasteiger partial charge in [0.25, 0.3) is 0 Å². The molecule has 0 amide bonds. The highest BCUT2D eigenvalue weighted by Gasteiger charge is 2.55. The van der Waals surface area contributed by atoms with Crippen LogP contribution in [0.25, 0.3) is 34.4 Å². The molecule has 4 saturated heterocycles. The summed E-state index contributed by atoms with van der Waals surface area (Å²) in [7, 11) is 0. The summed E-state index contributed by atoms with van der Waals surface area (Å²) in [6, 6.07) is 18.5. The van der Waals surface area contributed by atoms with Crippen LogP contribution in [0.15, 0.2) is 106 Å². The fraction of sp³-hybridized carbons (Fsp3) is 0.421. The Bertz CT molecular complexity index is 3210. The molecule has 0 saturated carbocycles. The van der Waals surface area contributed by atoms with Gasteiger partial charge in [0.2, 0.25) is 23.8 Å². The molecule has 27 nitrogen and oxygen atoms in total. The summed E-state index contributed by atoms with van der Waals surface area (Å²) in [4.78, 5) is 42.0. The van der Waals surface area contributed by atoms with E-state index >= 15 is 0 Å². The second-order valence-electron chi connectivity index (χ2n) is 20.3. The fourth-order valence-corrected chi connectivity index (χ4v) is 9.72. The third kappa shape index (κ3) is 13.3. The van der Waals surface area contributed by atoms with Gasteiger partial charge in [-0.2, -0.15) is 0 Å². The maximum atomic E-state index is 15.0. The number of benzene rings is 4. The van der Waals surface area contributed by atoms with Crippen LogP contribution >= 0.6 is 0 Å². The lowest BCUT2D eigenvalue weighted by atomic mass is 9.97. The average molecular weight is 1180 g/mol. The molecule has 4 aliphatic rings.